The first-order chi connectivity index (χ1) is 15.5. The van der Waals surface area contributed by atoms with Crippen LogP contribution in [0.3, 0.4) is 0 Å². The second-order valence-corrected chi connectivity index (χ2v) is 8.38. The number of pyridine rings is 1. The number of ketones is 1. The Morgan fingerprint density at radius 1 is 1.30 bits per heavy atom. The molecule has 0 aliphatic carbocycles. The summed E-state index contributed by atoms with van der Waals surface area (Å²) in [4.78, 5) is 27.4. The summed E-state index contributed by atoms with van der Waals surface area (Å²) in [5, 5.41) is 13.4. The molecule has 1 aliphatic rings. The van der Waals surface area contributed by atoms with Gasteiger partial charge in [-0.3, -0.25) is 19.5 Å². The number of halogens is 4. The van der Waals surface area contributed by atoms with Crippen LogP contribution in [0.25, 0.3) is 0 Å². The van der Waals surface area contributed by atoms with Crippen molar-refractivity contribution in [1.29, 1.82) is 0 Å². The number of anilines is 1. The number of rotatable bonds is 4. The Morgan fingerprint density at radius 2 is 2.03 bits per heavy atom. The number of fused-ring (bicyclic) bond motifs is 1. The number of carbonyl (C=O) groups is 2. The molecule has 0 saturated carbocycles. The van der Waals surface area contributed by atoms with Crippen LogP contribution >= 0.6 is 11.6 Å². The molecule has 0 fully saturated rings. The van der Waals surface area contributed by atoms with E-state index in [1.165, 1.54) is 34.2 Å². The highest BCUT2D eigenvalue weighted by Gasteiger charge is 2.36. The van der Waals surface area contributed by atoms with E-state index in [9.17, 15) is 28.0 Å². The van der Waals surface area contributed by atoms with E-state index in [-0.39, 0.29) is 41.7 Å². The predicted octanol–water partition coefficient (Wildman–Crippen LogP) is 4.04. The van der Waals surface area contributed by atoms with Crippen LogP contribution < -0.4 is 9.63 Å². The van der Waals surface area contributed by atoms with Crippen LogP contribution in [0.15, 0.2) is 42.9 Å². The molecule has 0 bridgehead atoms. The number of hydrogen-bond donors (Lipinski definition) is 1. The predicted molar refractivity (Wildman–Crippen MR) is 112 cm³/mol. The minimum atomic E-state index is -4.61. The number of aromatic nitrogens is 3. The van der Waals surface area contributed by atoms with Crippen LogP contribution in [-0.4, -0.2) is 33.2 Å². The van der Waals surface area contributed by atoms with Gasteiger partial charge in [0.1, 0.15) is 5.69 Å². The Hall–Kier alpha value is -3.40. The summed E-state index contributed by atoms with van der Waals surface area (Å²) >= 11 is 5.85. The summed E-state index contributed by atoms with van der Waals surface area (Å²) in [5.74, 6) is -0.821. The number of benzene rings is 1. The molecule has 1 aromatic carbocycles. The number of Topliss-reactive ketones (excluding diaryl/α,β-unsaturated/α-hetero) is 1. The number of carbonyl (C=O) groups excluding carboxylic acids is 2. The van der Waals surface area contributed by atoms with Gasteiger partial charge in [-0.05, 0) is 38.1 Å². The van der Waals surface area contributed by atoms with Gasteiger partial charge < -0.3 is 4.90 Å². The number of amides is 1. The third-order valence-electron chi connectivity index (χ3n) is 5.42. The fourth-order valence-corrected chi connectivity index (χ4v) is 4.19. The molecule has 33 heavy (non-hydrogen) atoms. The summed E-state index contributed by atoms with van der Waals surface area (Å²) in [6.07, 6.45) is -0.598. The zero-order valence-corrected chi connectivity index (χ0v) is 18.4. The molecule has 4 rings (SSSR count). The van der Waals surface area contributed by atoms with Gasteiger partial charge in [-0.25, -0.2) is 0 Å². The van der Waals surface area contributed by atoms with Gasteiger partial charge in [-0.1, -0.05) is 11.6 Å². The first-order valence-electron chi connectivity index (χ1n) is 9.96. The van der Waals surface area contributed by atoms with Crippen LogP contribution in [0, 0.1) is 6.92 Å². The molecule has 172 valence electrons. The van der Waals surface area contributed by atoms with Gasteiger partial charge in [0, 0.05) is 34.5 Å². The van der Waals surface area contributed by atoms with Crippen molar-refractivity contribution in [2.45, 2.75) is 32.5 Å². The standard InChI is InChI=1S/C22H19ClF3N4O3/c1-12-5-15(11-28(33)9-12)19(31)6-14-8-27-30-13(2)10-29(21(32)20(14)30)16-3-4-17(18(23)7-16)22(24,25)26/h3-5,7-9,11,13,33H,6,10H2,1-2H3/q+1/t13-/m0/s1. The zero-order chi connectivity index (χ0) is 24.1. The van der Waals surface area contributed by atoms with Crippen molar-refractivity contribution in [2.75, 3.05) is 11.4 Å². The molecule has 1 amide bonds. The fourth-order valence-electron chi connectivity index (χ4n) is 3.91. The van der Waals surface area contributed by atoms with E-state index in [0.29, 0.717) is 11.1 Å². The largest absolute Gasteiger partial charge is 0.417 e. The molecule has 2 aromatic heterocycles. The Bertz CT molecular complexity index is 1250. The first-order valence-corrected chi connectivity index (χ1v) is 10.3. The molecule has 0 saturated heterocycles. The number of alkyl halides is 3. The summed E-state index contributed by atoms with van der Waals surface area (Å²) in [5.41, 5.74) is 0.736. The molecule has 1 atom stereocenters. The lowest BCUT2D eigenvalue weighted by Crippen LogP contribution is -2.43. The minimum Gasteiger partial charge on any atom is -0.305 e. The highest BCUT2D eigenvalue weighted by Crippen LogP contribution is 2.37. The Balaban J connectivity index is 1.66. The molecular weight excluding hydrogens is 461 g/mol. The van der Waals surface area contributed by atoms with E-state index in [1.807, 2.05) is 6.92 Å². The average molecular weight is 480 g/mol. The van der Waals surface area contributed by atoms with Crippen LogP contribution in [0.2, 0.25) is 5.02 Å². The average Bonchev–Trinajstić information content (AvgIpc) is 3.13. The summed E-state index contributed by atoms with van der Waals surface area (Å²) in [7, 11) is 0. The second kappa shape index (κ2) is 8.18. The highest BCUT2D eigenvalue weighted by molar-refractivity contribution is 6.31. The maximum atomic E-state index is 13.3. The molecule has 0 unspecified atom stereocenters. The smallest absolute Gasteiger partial charge is 0.305 e. The molecule has 0 spiro atoms. The SMILES string of the molecule is Cc1cc(C(=O)Cc2cnn3c2C(=O)N(c2ccc(C(F)(F)F)c(Cl)c2)C[C@@H]3C)c[n+](O)c1. The molecule has 1 N–H and O–H groups in total. The van der Waals surface area contributed by atoms with Gasteiger partial charge in [0.15, 0.2) is 5.78 Å². The third kappa shape index (κ3) is 4.30. The van der Waals surface area contributed by atoms with E-state index in [4.69, 9.17) is 11.6 Å². The van der Waals surface area contributed by atoms with Crippen molar-refractivity contribution in [3.05, 3.63) is 75.8 Å². The van der Waals surface area contributed by atoms with Gasteiger partial charge in [0.05, 0.1) is 28.4 Å². The summed E-state index contributed by atoms with van der Waals surface area (Å²) < 4.78 is 41.5. The van der Waals surface area contributed by atoms with Gasteiger partial charge >= 0.3 is 6.18 Å². The molecule has 3 aromatic rings. The van der Waals surface area contributed by atoms with Crippen molar-refractivity contribution in [3.63, 3.8) is 0 Å². The van der Waals surface area contributed by atoms with Crippen LogP contribution in [0.1, 0.15) is 50.5 Å². The number of nitrogens with zero attached hydrogens (tertiary/aromatic N) is 4. The summed E-state index contributed by atoms with van der Waals surface area (Å²) in [6, 6.07) is 4.47. The van der Waals surface area contributed by atoms with Crippen molar-refractivity contribution in [2.24, 2.45) is 0 Å². The quantitative estimate of drug-likeness (QED) is 0.348. The number of hydrogen-bond acceptors (Lipinski definition) is 4. The van der Waals surface area contributed by atoms with Crippen molar-refractivity contribution < 1.29 is 32.7 Å². The van der Waals surface area contributed by atoms with Gasteiger partial charge in [0.25, 0.3) is 5.91 Å². The molecule has 7 nitrogen and oxygen atoms in total. The van der Waals surface area contributed by atoms with E-state index in [2.05, 4.69) is 5.10 Å². The third-order valence-corrected chi connectivity index (χ3v) is 5.73. The fraction of sp³-hybridized carbons (Fsp3) is 0.273. The summed E-state index contributed by atoms with van der Waals surface area (Å²) in [6.45, 7) is 3.71. The van der Waals surface area contributed by atoms with Gasteiger partial charge in [-0.2, -0.15) is 18.3 Å². The first kappa shape index (κ1) is 22.8. The van der Waals surface area contributed by atoms with Crippen molar-refractivity contribution in [1.82, 2.24) is 9.78 Å². The van der Waals surface area contributed by atoms with E-state index < -0.39 is 22.7 Å². The monoisotopic (exact) mass is 479 g/mol. The lowest BCUT2D eigenvalue weighted by atomic mass is 10.0. The maximum absolute atomic E-state index is 13.3. The normalized spacial score (nSPS) is 16.1. The molecule has 0 radical (unpaired) electrons. The Kier molecular flexibility index (Phi) is 5.65. The van der Waals surface area contributed by atoms with E-state index in [1.54, 1.807) is 13.0 Å². The molecule has 1 aliphatic heterocycles. The van der Waals surface area contributed by atoms with Crippen LogP contribution in [-0.2, 0) is 12.6 Å². The molecule has 11 heteroatoms. The van der Waals surface area contributed by atoms with Crippen LogP contribution in [0.5, 0.6) is 0 Å². The van der Waals surface area contributed by atoms with E-state index >= 15 is 0 Å². The second-order valence-electron chi connectivity index (χ2n) is 7.97. The lowest BCUT2D eigenvalue weighted by Gasteiger charge is -2.32. The Labute approximate surface area is 191 Å². The van der Waals surface area contributed by atoms with E-state index in [0.717, 1.165) is 16.9 Å². The molecular formula is C22H19ClF3N4O3+. The van der Waals surface area contributed by atoms with Crippen molar-refractivity contribution >= 4 is 29.0 Å². The zero-order valence-electron chi connectivity index (χ0n) is 17.6. The number of aryl methyl sites for hydroxylation is 1. The maximum Gasteiger partial charge on any atom is 0.417 e. The topological polar surface area (TPSA) is 79.3 Å². The highest BCUT2D eigenvalue weighted by atomic mass is 35.5. The Morgan fingerprint density at radius 3 is 2.67 bits per heavy atom. The lowest BCUT2D eigenvalue weighted by molar-refractivity contribution is -0.905. The van der Waals surface area contributed by atoms with Gasteiger partial charge in [0.2, 0.25) is 12.4 Å². The van der Waals surface area contributed by atoms with Crippen LogP contribution in [0.4, 0.5) is 18.9 Å². The molecule has 3 heterocycles. The van der Waals surface area contributed by atoms with Gasteiger partial charge in [-0.15, -0.1) is 0 Å². The van der Waals surface area contributed by atoms with Crippen molar-refractivity contribution in [3.8, 4) is 0 Å². The minimum absolute atomic E-state index is 0.140.